The third kappa shape index (κ3) is 1.40. The summed E-state index contributed by atoms with van der Waals surface area (Å²) >= 11 is 0. The third-order valence-corrected chi connectivity index (χ3v) is 2.67. The second-order valence-electron chi connectivity index (χ2n) is 3.34. The van der Waals surface area contributed by atoms with Gasteiger partial charge in [-0.3, -0.25) is 0 Å². The summed E-state index contributed by atoms with van der Waals surface area (Å²) in [5.41, 5.74) is 5.48. The van der Waals surface area contributed by atoms with Crippen LogP contribution < -0.4 is 5.73 Å². The van der Waals surface area contributed by atoms with Gasteiger partial charge in [-0.2, -0.15) is 0 Å². The van der Waals surface area contributed by atoms with E-state index in [-0.39, 0.29) is 0 Å². The molecule has 0 fully saturated rings. The molecule has 0 aromatic rings. The Balaban J connectivity index is 2.41. The third-order valence-electron chi connectivity index (χ3n) is 2.67. The van der Waals surface area contributed by atoms with Crippen LogP contribution in [0.25, 0.3) is 0 Å². The van der Waals surface area contributed by atoms with Crippen molar-refractivity contribution in [2.24, 2.45) is 23.5 Å². The fourth-order valence-electron chi connectivity index (χ4n) is 1.61. The van der Waals surface area contributed by atoms with Crippen molar-refractivity contribution in [2.45, 2.75) is 20.3 Å². The first-order chi connectivity index (χ1) is 4.75. The highest BCUT2D eigenvalue weighted by atomic mass is 14.5. The van der Waals surface area contributed by atoms with Crippen molar-refractivity contribution < 1.29 is 0 Å². The Morgan fingerprint density at radius 3 is 2.40 bits per heavy atom. The predicted octanol–water partition coefficient (Wildman–Crippen LogP) is 1.79. The molecule has 0 bridgehead atoms. The Labute approximate surface area is 63.3 Å². The molecule has 0 radical (unpaired) electrons. The average Bonchev–Trinajstić information content (AvgIpc) is 2.20. The monoisotopic (exact) mass is 139 g/mol. The van der Waals surface area contributed by atoms with Gasteiger partial charge in [-0.15, -0.1) is 0 Å². The van der Waals surface area contributed by atoms with E-state index in [1.807, 2.05) is 0 Å². The molecule has 1 aliphatic carbocycles. The molecular formula is C9H17N. The summed E-state index contributed by atoms with van der Waals surface area (Å²) < 4.78 is 0. The van der Waals surface area contributed by atoms with Crippen LogP contribution in [0.4, 0.5) is 0 Å². The largest absolute Gasteiger partial charge is 0.330 e. The van der Waals surface area contributed by atoms with Crippen molar-refractivity contribution in [1.82, 2.24) is 0 Å². The smallest absolute Gasteiger partial charge is 0.00716 e. The van der Waals surface area contributed by atoms with Gasteiger partial charge in [0.25, 0.3) is 0 Å². The van der Waals surface area contributed by atoms with Gasteiger partial charge < -0.3 is 5.73 Å². The van der Waals surface area contributed by atoms with Gasteiger partial charge in [-0.25, -0.2) is 0 Å². The lowest BCUT2D eigenvalue weighted by Crippen LogP contribution is -2.14. The Kier molecular flexibility index (Phi) is 2.50. The first kappa shape index (κ1) is 7.80. The standard InChI is InChI=1S/C9H17N/c1-7-3-4-9(5-6-10)8(7)2/h3-4,7-9H,5-6,10H2,1-2H3/t7?,8-,9?/m1/s1. The Hall–Kier alpha value is -0.300. The molecular weight excluding hydrogens is 122 g/mol. The van der Waals surface area contributed by atoms with Gasteiger partial charge in [0, 0.05) is 0 Å². The van der Waals surface area contributed by atoms with E-state index >= 15 is 0 Å². The van der Waals surface area contributed by atoms with Crippen molar-refractivity contribution >= 4 is 0 Å². The number of allylic oxidation sites excluding steroid dienone is 2. The molecule has 1 heteroatoms. The lowest BCUT2D eigenvalue weighted by molar-refractivity contribution is 0.369. The minimum Gasteiger partial charge on any atom is -0.330 e. The van der Waals surface area contributed by atoms with Gasteiger partial charge in [-0.05, 0) is 30.7 Å². The summed E-state index contributed by atoms with van der Waals surface area (Å²) in [6, 6.07) is 0. The van der Waals surface area contributed by atoms with Gasteiger partial charge in [-0.1, -0.05) is 26.0 Å². The summed E-state index contributed by atoms with van der Waals surface area (Å²) in [5, 5.41) is 0. The Morgan fingerprint density at radius 2 is 2.00 bits per heavy atom. The topological polar surface area (TPSA) is 26.0 Å². The maximum Gasteiger partial charge on any atom is -0.00716 e. The maximum atomic E-state index is 5.48. The number of hydrogen-bond donors (Lipinski definition) is 1. The second kappa shape index (κ2) is 3.20. The molecule has 2 unspecified atom stereocenters. The van der Waals surface area contributed by atoms with Crippen LogP contribution in [0.15, 0.2) is 12.2 Å². The summed E-state index contributed by atoms with van der Waals surface area (Å²) in [4.78, 5) is 0. The number of rotatable bonds is 2. The second-order valence-corrected chi connectivity index (χ2v) is 3.34. The van der Waals surface area contributed by atoms with Crippen molar-refractivity contribution in [3.63, 3.8) is 0 Å². The molecule has 0 saturated carbocycles. The van der Waals surface area contributed by atoms with Gasteiger partial charge in [0.15, 0.2) is 0 Å². The number of hydrogen-bond acceptors (Lipinski definition) is 1. The maximum absolute atomic E-state index is 5.48. The van der Waals surface area contributed by atoms with Crippen LogP contribution in [-0.2, 0) is 0 Å². The minimum absolute atomic E-state index is 0.750. The highest BCUT2D eigenvalue weighted by Crippen LogP contribution is 2.31. The molecule has 0 amide bonds. The quantitative estimate of drug-likeness (QED) is 0.580. The molecule has 2 N–H and O–H groups in total. The van der Waals surface area contributed by atoms with Crippen LogP contribution in [0.5, 0.6) is 0 Å². The fraction of sp³-hybridized carbons (Fsp3) is 0.778. The summed E-state index contributed by atoms with van der Waals surface area (Å²) in [6.07, 6.45) is 5.79. The highest BCUT2D eigenvalue weighted by molar-refractivity contribution is 5.03. The van der Waals surface area contributed by atoms with Crippen LogP contribution in [0.2, 0.25) is 0 Å². The molecule has 58 valence electrons. The number of nitrogens with two attached hydrogens (primary N) is 1. The van der Waals surface area contributed by atoms with Crippen molar-refractivity contribution in [2.75, 3.05) is 6.54 Å². The van der Waals surface area contributed by atoms with Crippen LogP contribution in [0, 0.1) is 17.8 Å². The normalized spacial score (nSPS) is 38.9. The van der Waals surface area contributed by atoms with E-state index in [2.05, 4.69) is 26.0 Å². The van der Waals surface area contributed by atoms with Crippen LogP contribution in [0.1, 0.15) is 20.3 Å². The van der Waals surface area contributed by atoms with E-state index in [9.17, 15) is 0 Å². The highest BCUT2D eigenvalue weighted by Gasteiger charge is 2.23. The van der Waals surface area contributed by atoms with Gasteiger partial charge in [0.05, 0.1) is 0 Å². The Morgan fingerprint density at radius 1 is 1.30 bits per heavy atom. The Bertz CT molecular complexity index is 129. The molecule has 10 heavy (non-hydrogen) atoms. The predicted molar refractivity (Wildman–Crippen MR) is 44.6 cm³/mol. The first-order valence-corrected chi connectivity index (χ1v) is 4.14. The van der Waals surface area contributed by atoms with Crippen LogP contribution >= 0.6 is 0 Å². The van der Waals surface area contributed by atoms with Crippen LogP contribution in [-0.4, -0.2) is 6.54 Å². The fourth-order valence-corrected chi connectivity index (χ4v) is 1.61. The molecule has 0 spiro atoms. The zero-order valence-corrected chi connectivity index (χ0v) is 6.88. The van der Waals surface area contributed by atoms with Crippen molar-refractivity contribution in [1.29, 1.82) is 0 Å². The van der Waals surface area contributed by atoms with Gasteiger partial charge in [0.2, 0.25) is 0 Å². The molecule has 1 nitrogen and oxygen atoms in total. The lowest BCUT2D eigenvalue weighted by Gasteiger charge is -2.16. The molecule has 0 aromatic heterocycles. The van der Waals surface area contributed by atoms with Gasteiger partial charge >= 0.3 is 0 Å². The SMILES string of the molecule is CC1C=CC(CCN)[C@@H]1C. The first-order valence-electron chi connectivity index (χ1n) is 4.14. The summed E-state index contributed by atoms with van der Waals surface area (Å²) in [7, 11) is 0. The molecule has 0 aromatic carbocycles. The van der Waals surface area contributed by atoms with E-state index in [0.29, 0.717) is 0 Å². The zero-order valence-electron chi connectivity index (χ0n) is 6.88. The van der Waals surface area contributed by atoms with E-state index in [1.54, 1.807) is 0 Å². The molecule has 0 saturated heterocycles. The average molecular weight is 139 g/mol. The zero-order chi connectivity index (χ0) is 7.56. The van der Waals surface area contributed by atoms with Gasteiger partial charge in [0.1, 0.15) is 0 Å². The summed E-state index contributed by atoms with van der Waals surface area (Å²) in [6.45, 7) is 5.41. The van der Waals surface area contributed by atoms with E-state index in [0.717, 1.165) is 30.7 Å². The van der Waals surface area contributed by atoms with E-state index in [4.69, 9.17) is 5.73 Å². The lowest BCUT2D eigenvalue weighted by atomic mass is 9.89. The molecule has 3 atom stereocenters. The van der Waals surface area contributed by atoms with Crippen molar-refractivity contribution in [3.8, 4) is 0 Å². The summed E-state index contributed by atoms with van der Waals surface area (Å²) in [5.74, 6) is 2.32. The van der Waals surface area contributed by atoms with E-state index in [1.165, 1.54) is 0 Å². The molecule has 1 aliphatic rings. The molecule has 1 rings (SSSR count). The molecule has 0 heterocycles. The minimum atomic E-state index is 0.750. The molecule has 0 aliphatic heterocycles. The van der Waals surface area contributed by atoms with Crippen molar-refractivity contribution in [3.05, 3.63) is 12.2 Å². The van der Waals surface area contributed by atoms with Crippen LogP contribution in [0.3, 0.4) is 0 Å². The van der Waals surface area contributed by atoms with E-state index < -0.39 is 0 Å².